The second kappa shape index (κ2) is 4.48. The molecule has 0 aromatic heterocycles. The fourth-order valence-electron chi connectivity index (χ4n) is 1.27. The highest BCUT2D eigenvalue weighted by Gasteiger charge is 2.16. The van der Waals surface area contributed by atoms with Gasteiger partial charge < -0.3 is 5.11 Å². The second-order valence-electron chi connectivity index (χ2n) is 2.79. The molecule has 68 valence electrons. The Bertz CT molecular complexity index is 203. The molecule has 0 radical (unpaired) electrons. The van der Waals surface area contributed by atoms with Crippen molar-refractivity contribution < 1.29 is 9.90 Å². The molecule has 0 atom stereocenters. The number of hydrogen-bond donors (Lipinski definition) is 1. The number of aliphatic carboxylic acids is 1. The summed E-state index contributed by atoms with van der Waals surface area (Å²) in [5, 5.41) is 8.70. The molecule has 12 heavy (non-hydrogen) atoms. The third-order valence-corrected chi connectivity index (χ3v) is 2.07. The normalized spacial score (nSPS) is 18.9. The predicted octanol–water partition coefficient (Wildman–Crippen LogP) is 0.942. The predicted molar refractivity (Wildman–Crippen MR) is 47.5 cm³/mol. The van der Waals surface area contributed by atoms with E-state index in [-0.39, 0.29) is 0 Å². The van der Waals surface area contributed by atoms with Gasteiger partial charge in [-0.05, 0) is 6.42 Å². The van der Waals surface area contributed by atoms with Crippen LogP contribution in [0.3, 0.4) is 0 Å². The lowest BCUT2D eigenvalue weighted by atomic mass is 10.1. The molecule has 0 fully saturated rings. The number of carboxylic acid groups (broad SMARTS) is 1. The standard InChI is InChI=1S/C8H12ClNO2/c9-3-5-10-4-1-2-7(6-10)8(11)12/h2H,1,3-6H2,(H,11,12). The van der Waals surface area contributed by atoms with Gasteiger partial charge in [0.2, 0.25) is 0 Å². The third-order valence-electron chi connectivity index (χ3n) is 1.91. The minimum absolute atomic E-state index is 0.492. The van der Waals surface area contributed by atoms with Crippen molar-refractivity contribution in [3.05, 3.63) is 11.6 Å². The van der Waals surface area contributed by atoms with Gasteiger partial charge in [-0.15, -0.1) is 11.6 Å². The van der Waals surface area contributed by atoms with Crippen LogP contribution >= 0.6 is 11.6 Å². The first-order chi connectivity index (χ1) is 5.74. The second-order valence-corrected chi connectivity index (χ2v) is 3.17. The topological polar surface area (TPSA) is 40.5 Å². The van der Waals surface area contributed by atoms with Crippen molar-refractivity contribution in [3.63, 3.8) is 0 Å². The van der Waals surface area contributed by atoms with Crippen molar-refractivity contribution in [2.75, 3.05) is 25.5 Å². The lowest BCUT2D eigenvalue weighted by Crippen LogP contribution is -2.33. The van der Waals surface area contributed by atoms with Gasteiger partial charge >= 0.3 is 5.97 Å². The van der Waals surface area contributed by atoms with E-state index in [0.29, 0.717) is 18.0 Å². The van der Waals surface area contributed by atoms with E-state index in [9.17, 15) is 4.79 Å². The molecular formula is C8H12ClNO2. The Balaban J connectivity index is 2.47. The lowest BCUT2D eigenvalue weighted by molar-refractivity contribution is -0.133. The molecule has 1 rings (SSSR count). The van der Waals surface area contributed by atoms with Gasteiger partial charge in [-0.3, -0.25) is 4.90 Å². The molecule has 1 aliphatic rings. The van der Waals surface area contributed by atoms with Gasteiger partial charge in [-0.1, -0.05) is 6.08 Å². The zero-order valence-electron chi connectivity index (χ0n) is 6.79. The Morgan fingerprint density at radius 2 is 2.50 bits per heavy atom. The summed E-state index contributed by atoms with van der Waals surface area (Å²) in [6, 6.07) is 0. The Morgan fingerprint density at radius 3 is 3.08 bits per heavy atom. The van der Waals surface area contributed by atoms with Crippen LogP contribution in [0.5, 0.6) is 0 Å². The third kappa shape index (κ3) is 2.50. The fraction of sp³-hybridized carbons (Fsp3) is 0.625. The molecule has 1 N–H and O–H groups in total. The average Bonchev–Trinajstić information content (AvgIpc) is 2.05. The van der Waals surface area contributed by atoms with E-state index in [1.165, 1.54) is 0 Å². The molecule has 0 bridgehead atoms. The Labute approximate surface area is 76.6 Å². The Kier molecular flexibility index (Phi) is 3.56. The van der Waals surface area contributed by atoms with Crippen molar-refractivity contribution >= 4 is 17.6 Å². The smallest absolute Gasteiger partial charge is 0.332 e. The van der Waals surface area contributed by atoms with Gasteiger partial charge in [0.15, 0.2) is 0 Å². The van der Waals surface area contributed by atoms with Gasteiger partial charge in [0.25, 0.3) is 0 Å². The first kappa shape index (κ1) is 9.55. The summed E-state index contributed by atoms with van der Waals surface area (Å²) < 4.78 is 0. The highest BCUT2D eigenvalue weighted by atomic mass is 35.5. The number of carbonyl (C=O) groups is 1. The van der Waals surface area contributed by atoms with Crippen LogP contribution in [0.15, 0.2) is 11.6 Å². The van der Waals surface area contributed by atoms with Crippen LogP contribution in [-0.4, -0.2) is 41.5 Å². The molecule has 0 saturated carbocycles. The summed E-state index contributed by atoms with van der Waals surface area (Å²) in [5.41, 5.74) is 0.492. The number of nitrogens with zero attached hydrogens (tertiary/aromatic N) is 1. The van der Waals surface area contributed by atoms with Crippen LogP contribution in [0.2, 0.25) is 0 Å². The molecule has 0 aromatic carbocycles. The number of rotatable bonds is 3. The molecule has 0 unspecified atom stereocenters. The molecule has 3 nitrogen and oxygen atoms in total. The van der Waals surface area contributed by atoms with Crippen LogP contribution in [0.4, 0.5) is 0 Å². The number of alkyl halides is 1. The number of halogens is 1. The molecule has 0 amide bonds. The van der Waals surface area contributed by atoms with E-state index in [2.05, 4.69) is 4.90 Å². The lowest BCUT2D eigenvalue weighted by Gasteiger charge is -2.24. The molecule has 4 heteroatoms. The van der Waals surface area contributed by atoms with E-state index in [1.54, 1.807) is 6.08 Å². The summed E-state index contributed by atoms with van der Waals surface area (Å²) in [7, 11) is 0. The van der Waals surface area contributed by atoms with Crippen molar-refractivity contribution in [3.8, 4) is 0 Å². The van der Waals surface area contributed by atoms with Crippen molar-refractivity contribution in [1.82, 2.24) is 4.90 Å². The molecule has 1 aliphatic heterocycles. The van der Waals surface area contributed by atoms with Crippen molar-refractivity contribution in [1.29, 1.82) is 0 Å². The summed E-state index contributed by atoms with van der Waals surface area (Å²) >= 11 is 5.55. The molecule has 0 aliphatic carbocycles. The fourth-order valence-corrected chi connectivity index (χ4v) is 1.51. The van der Waals surface area contributed by atoms with E-state index >= 15 is 0 Å². The van der Waals surface area contributed by atoms with Crippen LogP contribution in [-0.2, 0) is 4.79 Å². The first-order valence-corrected chi connectivity index (χ1v) is 4.48. The van der Waals surface area contributed by atoms with Gasteiger partial charge in [-0.25, -0.2) is 4.79 Å². The van der Waals surface area contributed by atoms with Crippen molar-refractivity contribution in [2.24, 2.45) is 0 Å². The quantitative estimate of drug-likeness (QED) is 0.672. The number of hydrogen-bond acceptors (Lipinski definition) is 2. The zero-order valence-corrected chi connectivity index (χ0v) is 7.55. The SMILES string of the molecule is O=C(O)C1=CCCN(CCCl)C1. The highest BCUT2D eigenvalue weighted by molar-refractivity contribution is 6.18. The largest absolute Gasteiger partial charge is 0.478 e. The molecular weight excluding hydrogens is 178 g/mol. The molecule has 0 spiro atoms. The first-order valence-electron chi connectivity index (χ1n) is 3.94. The molecule has 1 heterocycles. The van der Waals surface area contributed by atoms with Crippen LogP contribution in [0.1, 0.15) is 6.42 Å². The Morgan fingerprint density at radius 1 is 1.75 bits per heavy atom. The average molecular weight is 190 g/mol. The van der Waals surface area contributed by atoms with Crippen molar-refractivity contribution in [2.45, 2.75) is 6.42 Å². The summed E-state index contributed by atoms with van der Waals surface area (Å²) in [6.07, 6.45) is 2.60. The van der Waals surface area contributed by atoms with E-state index in [1.807, 2.05) is 0 Å². The van der Waals surface area contributed by atoms with Crippen LogP contribution in [0.25, 0.3) is 0 Å². The maximum atomic E-state index is 10.6. The minimum Gasteiger partial charge on any atom is -0.478 e. The van der Waals surface area contributed by atoms with Gasteiger partial charge in [-0.2, -0.15) is 0 Å². The molecule has 0 aromatic rings. The summed E-state index contributed by atoms with van der Waals surface area (Å²) in [5.74, 6) is -0.248. The van der Waals surface area contributed by atoms with Crippen LogP contribution in [0, 0.1) is 0 Å². The van der Waals surface area contributed by atoms with Gasteiger partial charge in [0.1, 0.15) is 0 Å². The van der Waals surface area contributed by atoms with Gasteiger partial charge in [0.05, 0.1) is 0 Å². The van der Waals surface area contributed by atoms with E-state index in [0.717, 1.165) is 19.5 Å². The maximum Gasteiger partial charge on any atom is 0.332 e. The van der Waals surface area contributed by atoms with E-state index in [4.69, 9.17) is 16.7 Å². The maximum absolute atomic E-state index is 10.6. The number of carboxylic acids is 1. The monoisotopic (exact) mass is 189 g/mol. The molecule has 0 saturated heterocycles. The summed E-state index contributed by atoms with van der Waals surface area (Å²) in [6.45, 7) is 2.22. The minimum atomic E-state index is -0.811. The van der Waals surface area contributed by atoms with Gasteiger partial charge in [0, 0.05) is 31.1 Å². The Hall–Kier alpha value is -0.540. The summed E-state index contributed by atoms with van der Waals surface area (Å²) in [4.78, 5) is 12.6. The zero-order chi connectivity index (χ0) is 8.97. The highest BCUT2D eigenvalue weighted by Crippen LogP contribution is 2.09. The van der Waals surface area contributed by atoms with E-state index < -0.39 is 5.97 Å². The van der Waals surface area contributed by atoms with Crippen LogP contribution < -0.4 is 0 Å².